The van der Waals surface area contributed by atoms with Crippen molar-refractivity contribution in [2.45, 2.75) is 413 Å². The third-order valence-electron chi connectivity index (χ3n) is 22.8. The lowest BCUT2D eigenvalue weighted by Crippen LogP contribution is -2.34. The molecule has 6 aliphatic heterocycles. The summed E-state index contributed by atoms with van der Waals surface area (Å²) in [7, 11) is 0. The van der Waals surface area contributed by atoms with E-state index in [9.17, 15) is 0 Å². The SMILES string of the molecule is CCCCCCCCCCCCCCCCn1ccc2c3nc(c-2c1)N=C1N=C(N=C2N=C(N=C4N=C(N3)c3c[n+](CCCCCCCCCCCCCCCC)ccc34)c3c[n+](CCCCCCCCCCCCCCCC)ccc32)c2c[n+](CCCCCCCCCCCCCCCC)ccc21. The van der Waals surface area contributed by atoms with Gasteiger partial charge in [-0.05, 0) is 31.7 Å². The van der Waals surface area contributed by atoms with Crippen molar-refractivity contribution in [3.05, 3.63) is 107 Å². The predicted octanol–water partition coefficient (Wildman–Crippen LogP) is 25.5. The molecule has 0 saturated carbocycles. The Bertz CT molecular complexity index is 3390. The molecule has 0 atom stereocenters. The number of hydrogen-bond acceptors (Lipinski definition) is 8. The van der Waals surface area contributed by atoms with Gasteiger partial charge in [0, 0.05) is 84.2 Å². The van der Waals surface area contributed by atoms with Gasteiger partial charge in [0.15, 0.2) is 72.2 Å². The maximum absolute atomic E-state index is 5.52. The molecule has 12 heteroatoms. The highest BCUT2D eigenvalue weighted by atomic mass is 15.2. The summed E-state index contributed by atoms with van der Waals surface area (Å²) in [6.07, 6.45) is 93.7. The molecule has 0 unspecified atom stereocenters. The zero-order chi connectivity index (χ0) is 72.1. The number of aromatic nitrogens is 5. The number of pyridine rings is 4. The largest absolute Gasteiger partial charge is 0.353 e. The van der Waals surface area contributed by atoms with Crippen molar-refractivity contribution >= 4 is 46.6 Å². The summed E-state index contributed by atoms with van der Waals surface area (Å²) in [4.78, 5) is 38.2. The van der Waals surface area contributed by atoms with Crippen molar-refractivity contribution in [2.24, 2.45) is 30.0 Å². The molecular weight excluding hydrogens is 1270 g/mol. The van der Waals surface area contributed by atoms with E-state index in [4.69, 9.17) is 34.9 Å². The van der Waals surface area contributed by atoms with E-state index in [0.717, 1.165) is 108 Å². The van der Waals surface area contributed by atoms with Crippen LogP contribution in [-0.2, 0) is 26.2 Å². The Morgan fingerprint density at radius 2 is 0.548 bits per heavy atom. The number of nitrogens with one attached hydrogen (secondary N) is 1. The molecule has 104 heavy (non-hydrogen) atoms. The van der Waals surface area contributed by atoms with Crippen LogP contribution in [0.2, 0.25) is 0 Å². The number of anilines is 1. The smallest absolute Gasteiger partial charge is 0.180 e. The van der Waals surface area contributed by atoms with Crippen molar-refractivity contribution in [3.8, 4) is 11.1 Å². The van der Waals surface area contributed by atoms with Gasteiger partial charge in [0.1, 0.15) is 31.3 Å². The van der Waals surface area contributed by atoms with Crippen LogP contribution in [0.15, 0.2) is 104 Å². The third-order valence-corrected chi connectivity index (χ3v) is 22.8. The molecule has 0 spiro atoms. The van der Waals surface area contributed by atoms with Gasteiger partial charge in [-0.3, -0.25) is 0 Å². The molecule has 12 nitrogen and oxygen atoms in total. The van der Waals surface area contributed by atoms with E-state index in [2.05, 4.69) is 125 Å². The molecule has 9 heterocycles. The molecule has 0 aliphatic carbocycles. The van der Waals surface area contributed by atoms with E-state index in [-0.39, 0.29) is 0 Å². The lowest BCUT2D eigenvalue weighted by molar-refractivity contribution is -0.697. The molecule has 3 aromatic heterocycles. The Kier molecular flexibility index (Phi) is 39.2. The first kappa shape index (κ1) is 82.0. The zero-order valence-electron chi connectivity index (χ0n) is 66.8. The topological polar surface area (TPSA) is 116 Å². The minimum absolute atomic E-state index is 0.617. The zero-order valence-corrected chi connectivity index (χ0v) is 66.8. The standard InChI is InChI=1S/C92H145N12/c1-5-9-13-17-21-25-29-33-37-41-45-49-53-57-65-101-69-61-77-81(73-101)89-93-85(77)98-90-83-75-103(67-59-55-51-47-43-39-35-31-27-23-19-15-11-7-3)71-63-79(83)87(95-90)100-92-84-76-104(68-60-56-52-48-44-40-36-32-28-24-20-16-12-8-4)72-64-80(84)88(96-92)99-91-82-74-102(70-62-78(82)86(94-91)97-89)66-58-54-50-46-42-38-34-30-26-22-18-14-10-6-2/h61-64,69-76H,5-60,65-68H2,1-4H3,(H,93,94,95,96,97,98,99,100)/q+3. The highest BCUT2D eigenvalue weighted by Gasteiger charge is 2.34. The fourth-order valence-corrected chi connectivity index (χ4v) is 16.2. The minimum Gasteiger partial charge on any atom is -0.353 e. The first-order valence-corrected chi connectivity index (χ1v) is 44.4. The molecule has 0 saturated heterocycles. The van der Waals surface area contributed by atoms with E-state index in [1.807, 2.05) is 0 Å². The van der Waals surface area contributed by atoms with Crippen LogP contribution in [0.4, 0.5) is 11.6 Å². The Balaban J connectivity index is 0.935. The monoisotopic (exact) mass is 1420 g/mol. The number of aryl methyl sites for hydroxylation is 4. The Morgan fingerprint density at radius 1 is 0.269 bits per heavy atom. The van der Waals surface area contributed by atoms with Gasteiger partial charge in [-0.2, -0.15) is 0 Å². The summed E-state index contributed by atoms with van der Waals surface area (Å²) in [5, 5.41) is 3.85. The van der Waals surface area contributed by atoms with E-state index in [1.54, 1.807) is 0 Å². The number of rotatable bonds is 60. The fourth-order valence-electron chi connectivity index (χ4n) is 16.2. The van der Waals surface area contributed by atoms with Crippen molar-refractivity contribution in [1.82, 2.24) is 9.55 Å². The maximum atomic E-state index is 5.52. The molecule has 570 valence electrons. The van der Waals surface area contributed by atoms with Crippen LogP contribution in [0.5, 0.6) is 0 Å². The van der Waals surface area contributed by atoms with Gasteiger partial charge in [-0.15, -0.1) is 0 Å². The number of amidine groups is 6. The number of aliphatic imine (C=N–C) groups is 6. The summed E-state index contributed by atoms with van der Waals surface area (Å²) >= 11 is 0. The quantitative estimate of drug-likeness (QED) is 0.0308. The van der Waals surface area contributed by atoms with Crippen molar-refractivity contribution in [2.75, 3.05) is 5.32 Å². The van der Waals surface area contributed by atoms with Crippen molar-refractivity contribution in [3.63, 3.8) is 0 Å². The Labute approximate surface area is 633 Å². The Morgan fingerprint density at radius 3 is 0.894 bits per heavy atom. The molecule has 1 N–H and O–H groups in total. The molecule has 0 fully saturated rings. The summed E-state index contributed by atoms with van der Waals surface area (Å²) in [6, 6.07) is 8.89. The van der Waals surface area contributed by atoms with Crippen molar-refractivity contribution < 1.29 is 13.7 Å². The molecule has 0 aromatic carbocycles. The van der Waals surface area contributed by atoms with Gasteiger partial charge in [0.05, 0.1) is 16.7 Å². The molecule has 8 bridgehead atoms. The molecule has 9 rings (SSSR count). The highest BCUT2D eigenvalue weighted by molar-refractivity contribution is 6.33. The second-order valence-electron chi connectivity index (χ2n) is 32.0. The number of hydrogen-bond donors (Lipinski definition) is 1. The van der Waals surface area contributed by atoms with Crippen molar-refractivity contribution in [1.29, 1.82) is 0 Å². The van der Waals surface area contributed by atoms with Gasteiger partial charge in [-0.25, -0.2) is 48.6 Å². The van der Waals surface area contributed by atoms with Gasteiger partial charge in [0.25, 0.3) is 0 Å². The second-order valence-corrected chi connectivity index (χ2v) is 32.0. The summed E-state index contributed by atoms with van der Waals surface area (Å²) in [5.74, 6) is 5.25. The van der Waals surface area contributed by atoms with Crippen LogP contribution in [0.1, 0.15) is 421 Å². The summed E-state index contributed by atoms with van der Waals surface area (Å²) < 4.78 is 9.41. The van der Waals surface area contributed by atoms with Crippen LogP contribution >= 0.6 is 0 Å². The lowest BCUT2D eigenvalue weighted by Gasteiger charge is -2.11. The number of fused-ring (bicyclic) bond motifs is 17. The number of nitrogens with zero attached hydrogens (tertiary/aromatic N) is 11. The molecule has 0 radical (unpaired) electrons. The van der Waals surface area contributed by atoms with E-state index in [0.29, 0.717) is 35.0 Å². The molecule has 0 amide bonds. The number of unbranched alkanes of at least 4 members (excludes halogenated alkanes) is 52. The first-order chi connectivity index (χ1) is 51.5. The van der Waals surface area contributed by atoms with Crippen LogP contribution in [0.3, 0.4) is 0 Å². The summed E-state index contributed by atoms with van der Waals surface area (Å²) in [6.45, 7) is 13.0. The molecule has 6 aliphatic rings. The maximum Gasteiger partial charge on any atom is 0.180 e. The Hall–Kier alpha value is -6.04. The third kappa shape index (κ3) is 28.6. The lowest BCUT2D eigenvalue weighted by atomic mass is 10.0. The van der Waals surface area contributed by atoms with Crippen LogP contribution < -0.4 is 19.0 Å². The average molecular weight is 1420 g/mol. The van der Waals surface area contributed by atoms with Gasteiger partial charge in [0.2, 0.25) is 0 Å². The highest BCUT2D eigenvalue weighted by Crippen LogP contribution is 2.40. The van der Waals surface area contributed by atoms with Crippen LogP contribution in [-0.4, -0.2) is 44.6 Å². The van der Waals surface area contributed by atoms with E-state index < -0.39 is 0 Å². The average Bonchev–Trinajstić information content (AvgIpc) is 1.60. The van der Waals surface area contributed by atoms with Gasteiger partial charge < -0.3 is 9.88 Å². The molecule has 3 aromatic rings. The van der Waals surface area contributed by atoms with Crippen LogP contribution in [0, 0.1) is 0 Å². The first-order valence-electron chi connectivity index (χ1n) is 44.4. The minimum atomic E-state index is 0.617. The predicted molar refractivity (Wildman–Crippen MR) is 443 cm³/mol. The second kappa shape index (κ2) is 49.8. The van der Waals surface area contributed by atoms with Gasteiger partial charge in [-0.1, -0.05) is 342 Å². The summed E-state index contributed by atoms with van der Waals surface area (Å²) in [5.41, 5.74) is 7.87. The van der Waals surface area contributed by atoms with E-state index in [1.165, 1.54) is 334 Å². The molecular formula is C92H145N12+3. The normalized spacial score (nSPS) is 13.6. The van der Waals surface area contributed by atoms with E-state index >= 15 is 0 Å². The van der Waals surface area contributed by atoms with Gasteiger partial charge >= 0.3 is 0 Å². The van der Waals surface area contributed by atoms with Crippen LogP contribution in [0.25, 0.3) is 11.1 Å². The fraction of sp³-hybridized carbons (Fsp3) is 0.696.